The standard InChI is InChI=1S/C26H29N3O5S/c1-6-28(7-2)21-14-13-19(34-21)15-20-24(30)29-23(17-9-11-18(32-5)12-10-17)22(25(31)33-8-3)16(4)27-26(29)35-20/h9-15,23H,6-8H2,1-5H3/b20-15+/t23-/m0/s1. The average molecular weight is 496 g/mol. The zero-order chi connectivity index (χ0) is 25.1. The van der Waals surface area contributed by atoms with Gasteiger partial charge in [-0.05, 0) is 51.5 Å². The molecule has 0 saturated carbocycles. The topological polar surface area (TPSA) is 86.3 Å². The molecule has 1 atom stereocenters. The Kier molecular flexibility index (Phi) is 7.25. The Morgan fingerprint density at radius 1 is 1.17 bits per heavy atom. The van der Waals surface area contributed by atoms with E-state index in [1.54, 1.807) is 43.7 Å². The van der Waals surface area contributed by atoms with Crippen molar-refractivity contribution in [2.45, 2.75) is 33.7 Å². The summed E-state index contributed by atoms with van der Waals surface area (Å²) in [6, 6.07) is 10.4. The first-order valence-corrected chi connectivity index (χ1v) is 12.4. The molecule has 1 aliphatic heterocycles. The lowest BCUT2D eigenvalue weighted by molar-refractivity contribution is -0.139. The molecule has 0 saturated heterocycles. The van der Waals surface area contributed by atoms with Crippen molar-refractivity contribution in [3.05, 3.63) is 78.7 Å². The number of thiazole rings is 1. The molecule has 3 aromatic rings. The molecule has 2 aromatic heterocycles. The van der Waals surface area contributed by atoms with E-state index < -0.39 is 12.0 Å². The Balaban J connectivity index is 1.87. The first kappa shape index (κ1) is 24.5. The van der Waals surface area contributed by atoms with Gasteiger partial charge in [0.05, 0.1) is 35.6 Å². The number of aromatic nitrogens is 1. The van der Waals surface area contributed by atoms with E-state index in [2.05, 4.69) is 23.7 Å². The van der Waals surface area contributed by atoms with E-state index in [9.17, 15) is 9.59 Å². The van der Waals surface area contributed by atoms with Gasteiger partial charge in [-0.25, -0.2) is 9.79 Å². The van der Waals surface area contributed by atoms with Crippen LogP contribution in [0.1, 0.15) is 45.1 Å². The Morgan fingerprint density at radius 2 is 1.89 bits per heavy atom. The molecule has 0 bridgehead atoms. The number of carbonyl (C=O) groups excluding carboxylic acids is 1. The highest BCUT2D eigenvalue weighted by Gasteiger charge is 2.33. The molecule has 1 aliphatic rings. The van der Waals surface area contributed by atoms with Crippen LogP contribution in [0, 0.1) is 0 Å². The first-order valence-electron chi connectivity index (χ1n) is 11.6. The monoisotopic (exact) mass is 495 g/mol. The van der Waals surface area contributed by atoms with Gasteiger partial charge in [0, 0.05) is 25.2 Å². The number of methoxy groups -OCH3 is 1. The van der Waals surface area contributed by atoms with Gasteiger partial charge in [0.2, 0.25) is 0 Å². The normalized spacial score (nSPS) is 15.6. The van der Waals surface area contributed by atoms with Gasteiger partial charge in [-0.2, -0.15) is 0 Å². The molecule has 0 amide bonds. The minimum Gasteiger partial charge on any atom is -0.497 e. The predicted octanol–water partition coefficient (Wildman–Crippen LogP) is 3.25. The second kappa shape index (κ2) is 10.4. The molecule has 0 N–H and O–H groups in total. The van der Waals surface area contributed by atoms with Crippen LogP contribution >= 0.6 is 11.3 Å². The van der Waals surface area contributed by atoms with E-state index in [1.807, 2.05) is 24.3 Å². The van der Waals surface area contributed by atoms with Gasteiger partial charge in [-0.1, -0.05) is 23.5 Å². The quantitative estimate of drug-likeness (QED) is 0.446. The zero-order valence-electron chi connectivity index (χ0n) is 20.5. The lowest BCUT2D eigenvalue weighted by atomic mass is 9.96. The predicted molar refractivity (Wildman–Crippen MR) is 136 cm³/mol. The Morgan fingerprint density at radius 3 is 2.51 bits per heavy atom. The highest BCUT2D eigenvalue weighted by Crippen LogP contribution is 2.31. The number of hydrogen-bond acceptors (Lipinski definition) is 8. The van der Waals surface area contributed by atoms with Crippen LogP contribution in [0.25, 0.3) is 6.08 Å². The summed E-state index contributed by atoms with van der Waals surface area (Å²) in [5, 5.41) is 0. The number of benzene rings is 1. The Labute approximate surface area is 207 Å². The van der Waals surface area contributed by atoms with Crippen molar-refractivity contribution < 1.29 is 18.7 Å². The number of ether oxygens (including phenoxy) is 2. The first-order chi connectivity index (χ1) is 16.9. The third-order valence-electron chi connectivity index (χ3n) is 5.91. The van der Waals surface area contributed by atoms with Crippen LogP contribution in [0.3, 0.4) is 0 Å². The summed E-state index contributed by atoms with van der Waals surface area (Å²) in [4.78, 5) is 33.8. The van der Waals surface area contributed by atoms with Crippen LogP contribution in [0.4, 0.5) is 5.88 Å². The maximum atomic E-state index is 13.6. The fourth-order valence-electron chi connectivity index (χ4n) is 4.15. The summed E-state index contributed by atoms with van der Waals surface area (Å²) in [5.74, 6) is 1.53. The molecule has 3 heterocycles. The number of furan rings is 1. The molecule has 0 aliphatic carbocycles. The molecule has 4 rings (SSSR count). The smallest absolute Gasteiger partial charge is 0.338 e. The van der Waals surface area contributed by atoms with E-state index in [-0.39, 0.29) is 12.2 Å². The largest absolute Gasteiger partial charge is 0.497 e. The van der Waals surface area contributed by atoms with Gasteiger partial charge in [0.25, 0.3) is 5.56 Å². The fourth-order valence-corrected chi connectivity index (χ4v) is 5.17. The van der Waals surface area contributed by atoms with Crippen LogP contribution in [0.15, 0.2) is 61.9 Å². The highest BCUT2D eigenvalue weighted by atomic mass is 32.1. The molecule has 0 fully saturated rings. The van der Waals surface area contributed by atoms with E-state index in [0.29, 0.717) is 32.1 Å². The van der Waals surface area contributed by atoms with Crippen molar-refractivity contribution in [3.8, 4) is 5.75 Å². The third-order valence-corrected chi connectivity index (χ3v) is 6.89. The van der Waals surface area contributed by atoms with Crippen molar-refractivity contribution in [3.63, 3.8) is 0 Å². The van der Waals surface area contributed by atoms with E-state index in [1.165, 1.54) is 11.3 Å². The minimum atomic E-state index is -0.666. The molecular weight excluding hydrogens is 466 g/mol. The maximum Gasteiger partial charge on any atom is 0.338 e. The zero-order valence-corrected chi connectivity index (χ0v) is 21.3. The van der Waals surface area contributed by atoms with Crippen LogP contribution in [-0.4, -0.2) is 37.3 Å². The molecular formula is C26H29N3O5S. The second-order valence-electron chi connectivity index (χ2n) is 7.92. The SMILES string of the molecule is CCOC(=O)C1=C(C)N=c2s/c(=C/c3ccc(N(CC)CC)o3)c(=O)n2[C@H]1c1ccc(OC)cc1. The van der Waals surface area contributed by atoms with Crippen molar-refractivity contribution in [2.75, 3.05) is 31.7 Å². The Bertz CT molecular complexity index is 1420. The molecule has 0 unspecified atom stereocenters. The lowest BCUT2D eigenvalue weighted by Crippen LogP contribution is -2.39. The minimum absolute atomic E-state index is 0.225. The molecule has 1 aromatic carbocycles. The molecule has 9 heteroatoms. The summed E-state index contributed by atoms with van der Waals surface area (Å²) in [5.41, 5.74) is 1.39. The van der Waals surface area contributed by atoms with Crippen molar-refractivity contribution in [2.24, 2.45) is 4.99 Å². The summed E-state index contributed by atoms with van der Waals surface area (Å²) in [7, 11) is 1.59. The summed E-state index contributed by atoms with van der Waals surface area (Å²) in [6.07, 6.45) is 1.73. The number of esters is 1. The van der Waals surface area contributed by atoms with Crippen LogP contribution in [0.5, 0.6) is 5.75 Å². The van der Waals surface area contributed by atoms with Crippen LogP contribution in [-0.2, 0) is 9.53 Å². The van der Waals surface area contributed by atoms with Crippen LogP contribution in [0.2, 0.25) is 0 Å². The number of fused-ring (bicyclic) bond motifs is 1. The molecule has 0 radical (unpaired) electrons. The van der Waals surface area contributed by atoms with Gasteiger partial charge in [0.1, 0.15) is 11.5 Å². The highest BCUT2D eigenvalue weighted by molar-refractivity contribution is 7.07. The van der Waals surface area contributed by atoms with Crippen molar-refractivity contribution in [1.29, 1.82) is 0 Å². The van der Waals surface area contributed by atoms with Gasteiger partial charge >= 0.3 is 5.97 Å². The number of carbonyl (C=O) groups is 1. The number of rotatable bonds is 8. The number of allylic oxidation sites excluding steroid dienone is 1. The van der Waals surface area contributed by atoms with Gasteiger partial charge in [0.15, 0.2) is 10.7 Å². The van der Waals surface area contributed by atoms with E-state index >= 15 is 0 Å². The van der Waals surface area contributed by atoms with Gasteiger partial charge < -0.3 is 18.8 Å². The van der Waals surface area contributed by atoms with Gasteiger partial charge in [-0.15, -0.1) is 0 Å². The molecule has 35 heavy (non-hydrogen) atoms. The van der Waals surface area contributed by atoms with Crippen LogP contribution < -0.4 is 24.5 Å². The maximum absolute atomic E-state index is 13.6. The summed E-state index contributed by atoms with van der Waals surface area (Å²) >= 11 is 1.27. The fraction of sp³-hybridized carbons (Fsp3) is 0.346. The average Bonchev–Trinajstić information content (AvgIpc) is 3.43. The number of nitrogens with zero attached hydrogens (tertiary/aromatic N) is 3. The third kappa shape index (κ3) is 4.68. The Hall–Kier alpha value is -3.59. The van der Waals surface area contributed by atoms with Gasteiger partial charge in [-0.3, -0.25) is 9.36 Å². The summed E-state index contributed by atoms with van der Waals surface area (Å²) in [6.45, 7) is 9.51. The number of hydrogen-bond donors (Lipinski definition) is 0. The van der Waals surface area contributed by atoms with Crippen molar-refractivity contribution >= 4 is 29.3 Å². The summed E-state index contributed by atoms with van der Waals surface area (Å²) < 4.78 is 18.6. The molecule has 184 valence electrons. The van der Waals surface area contributed by atoms with E-state index in [4.69, 9.17) is 13.9 Å². The van der Waals surface area contributed by atoms with Crippen molar-refractivity contribution in [1.82, 2.24) is 4.57 Å². The molecule has 8 nitrogen and oxygen atoms in total. The lowest BCUT2D eigenvalue weighted by Gasteiger charge is -2.24. The molecule has 0 spiro atoms. The second-order valence-corrected chi connectivity index (χ2v) is 8.93. The van der Waals surface area contributed by atoms with E-state index in [0.717, 1.165) is 24.5 Å². The number of anilines is 1.